The zero-order chi connectivity index (χ0) is 19.3. The fourth-order valence-corrected chi connectivity index (χ4v) is 2.95. The van der Waals surface area contributed by atoms with Crippen LogP contribution in [0.5, 0.6) is 0 Å². The fourth-order valence-electron chi connectivity index (χ4n) is 2.76. The molecule has 0 spiro atoms. The van der Waals surface area contributed by atoms with Crippen molar-refractivity contribution in [1.29, 1.82) is 0 Å². The summed E-state index contributed by atoms with van der Waals surface area (Å²) < 4.78 is 16.1. The topological polar surface area (TPSA) is 56.8 Å². The van der Waals surface area contributed by atoms with Gasteiger partial charge in [-0.05, 0) is 35.3 Å². The van der Waals surface area contributed by atoms with Crippen LogP contribution in [0.1, 0.15) is 19.3 Å². The molecule has 0 heterocycles. The molecule has 0 saturated heterocycles. The van der Waals surface area contributed by atoms with Crippen molar-refractivity contribution in [1.82, 2.24) is 5.32 Å². The maximum Gasteiger partial charge on any atom is 0.407 e. The quantitative estimate of drug-likeness (QED) is 0.437. The van der Waals surface area contributed by atoms with E-state index in [4.69, 9.17) is 25.8 Å². The van der Waals surface area contributed by atoms with E-state index in [1.54, 1.807) is 0 Å². The molecule has 0 fully saturated rings. The summed E-state index contributed by atoms with van der Waals surface area (Å²) in [5.74, 6) is 0.667. The van der Waals surface area contributed by atoms with Crippen molar-refractivity contribution in [3.63, 3.8) is 0 Å². The van der Waals surface area contributed by atoms with Gasteiger partial charge in [0.1, 0.15) is 6.61 Å². The van der Waals surface area contributed by atoms with Crippen molar-refractivity contribution in [2.75, 3.05) is 45.5 Å². The van der Waals surface area contributed by atoms with E-state index in [2.05, 4.69) is 18.0 Å². The predicted molar refractivity (Wildman–Crippen MR) is 108 cm³/mol. The van der Waals surface area contributed by atoms with Gasteiger partial charge in [0.15, 0.2) is 0 Å². The van der Waals surface area contributed by atoms with Crippen molar-refractivity contribution < 1.29 is 19.0 Å². The van der Waals surface area contributed by atoms with E-state index >= 15 is 0 Å². The molecule has 6 heteroatoms. The Morgan fingerprint density at radius 2 is 1.89 bits per heavy atom. The van der Waals surface area contributed by atoms with Crippen LogP contribution in [0.3, 0.4) is 0 Å². The molecule has 1 aromatic rings. The molecule has 0 aliphatic heterocycles. The molecule has 1 aliphatic carbocycles. The van der Waals surface area contributed by atoms with E-state index in [0.717, 1.165) is 40.8 Å². The lowest BCUT2D eigenvalue weighted by molar-refractivity contribution is 0.0475. The van der Waals surface area contributed by atoms with E-state index in [-0.39, 0.29) is 6.61 Å². The van der Waals surface area contributed by atoms with Gasteiger partial charge in [-0.15, -0.1) is 11.6 Å². The number of carbonyl (C=O) groups is 1. The summed E-state index contributed by atoms with van der Waals surface area (Å²) in [4.78, 5) is 11.8. The lowest BCUT2D eigenvalue weighted by atomic mass is 9.97. The van der Waals surface area contributed by atoms with Gasteiger partial charge in [-0.1, -0.05) is 42.5 Å². The zero-order valence-electron chi connectivity index (χ0n) is 15.7. The second kappa shape index (κ2) is 12.5. The summed E-state index contributed by atoms with van der Waals surface area (Å²) in [6.07, 6.45) is 4.27. The van der Waals surface area contributed by atoms with Crippen LogP contribution in [-0.2, 0) is 14.2 Å². The summed E-state index contributed by atoms with van der Waals surface area (Å²) in [5, 5.41) is 4.93. The van der Waals surface area contributed by atoms with Gasteiger partial charge in [0, 0.05) is 19.0 Å². The highest BCUT2D eigenvalue weighted by Gasteiger charge is 2.09. The number of rotatable bonds is 12. The summed E-state index contributed by atoms with van der Waals surface area (Å²) in [6, 6.07) is 8.06. The van der Waals surface area contributed by atoms with Gasteiger partial charge in [-0.2, -0.15) is 0 Å². The van der Waals surface area contributed by atoms with Gasteiger partial charge in [0.2, 0.25) is 0 Å². The molecule has 148 valence electrons. The first-order valence-corrected chi connectivity index (χ1v) is 9.83. The first kappa shape index (κ1) is 21.5. The average molecular weight is 394 g/mol. The van der Waals surface area contributed by atoms with Crippen molar-refractivity contribution in [3.05, 3.63) is 46.9 Å². The molecule has 5 nitrogen and oxygen atoms in total. The highest BCUT2D eigenvalue weighted by atomic mass is 35.5. The number of carbonyl (C=O) groups excluding carboxylic acids is 1. The molecule has 0 aromatic heterocycles. The van der Waals surface area contributed by atoms with Crippen LogP contribution in [0.15, 0.2) is 36.4 Å². The van der Waals surface area contributed by atoms with E-state index < -0.39 is 6.09 Å². The number of alkyl carbamates (subject to hydrolysis) is 1. The lowest BCUT2D eigenvalue weighted by Crippen LogP contribution is -2.33. The van der Waals surface area contributed by atoms with Crippen molar-refractivity contribution in [3.8, 4) is 0 Å². The van der Waals surface area contributed by atoms with E-state index in [1.165, 1.54) is 0 Å². The van der Waals surface area contributed by atoms with E-state index in [9.17, 15) is 4.79 Å². The van der Waals surface area contributed by atoms with Gasteiger partial charge in [-0.3, -0.25) is 0 Å². The molecular formula is C21H28ClNO4. The molecule has 2 rings (SSSR count). The summed E-state index contributed by atoms with van der Waals surface area (Å²) in [7, 11) is 0. The molecule has 0 unspecified atom stereocenters. The van der Waals surface area contributed by atoms with Crippen LogP contribution >= 0.6 is 11.6 Å². The van der Waals surface area contributed by atoms with E-state index in [0.29, 0.717) is 38.9 Å². The number of amides is 1. The Bertz CT molecular complexity index is 732. The van der Waals surface area contributed by atoms with Crippen LogP contribution in [0.4, 0.5) is 4.79 Å². The minimum atomic E-state index is -0.443. The molecule has 1 N–H and O–H groups in total. The second-order valence-electron chi connectivity index (χ2n) is 6.29. The number of nitrogens with one attached hydrogen (secondary N) is 1. The molecule has 0 bridgehead atoms. The third-order valence-electron chi connectivity index (χ3n) is 4.08. The Kier molecular flexibility index (Phi) is 9.98. The number of unbranched alkanes of at least 4 members (excludes halogenated alkanes) is 1. The Hall–Kier alpha value is -1.82. The SMILES string of the molecule is C=C1C=c2ccccc2=C(COC(=O)NCCOCCOCCCCCl)C1. The van der Waals surface area contributed by atoms with Crippen LogP contribution < -0.4 is 15.8 Å². The molecule has 0 atom stereocenters. The molecule has 27 heavy (non-hydrogen) atoms. The van der Waals surface area contributed by atoms with Crippen LogP contribution in [0.25, 0.3) is 11.6 Å². The first-order chi connectivity index (χ1) is 13.2. The Balaban J connectivity index is 1.59. The Labute approximate surface area is 165 Å². The maximum absolute atomic E-state index is 11.8. The number of alkyl halides is 1. The number of ether oxygens (including phenoxy) is 3. The monoisotopic (exact) mass is 393 g/mol. The molecule has 1 aliphatic rings. The van der Waals surface area contributed by atoms with Gasteiger partial charge in [-0.25, -0.2) is 4.79 Å². The number of hydrogen-bond acceptors (Lipinski definition) is 4. The van der Waals surface area contributed by atoms with Crippen LogP contribution in [0.2, 0.25) is 0 Å². The van der Waals surface area contributed by atoms with Crippen LogP contribution in [-0.4, -0.2) is 51.6 Å². The largest absolute Gasteiger partial charge is 0.445 e. The predicted octanol–water partition coefficient (Wildman–Crippen LogP) is 2.36. The van der Waals surface area contributed by atoms with Gasteiger partial charge < -0.3 is 19.5 Å². The van der Waals surface area contributed by atoms with Crippen LogP contribution in [0, 0.1) is 0 Å². The van der Waals surface area contributed by atoms with Gasteiger partial charge in [0.25, 0.3) is 0 Å². The standard InChI is InChI=1S/C21H28ClNO4/c1-17-14-18-6-2-3-7-20(18)19(15-17)16-27-21(24)23-9-11-26-13-12-25-10-5-4-8-22/h2-3,6-7,14H,1,4-5,8-13,15-16H2,(H,23,24). The summed E-state index contributed by atoms with van der Waals surface area (Å²) in [6.45, 7) is 6.86. The first-order valence-electron chi connectivity index (χ1n) is 9.29. The molecule has 1 amide bonds. The van der Waals surface area contributed by atoms with Gasteiger partial charge in [0.05, 0.1) is 19.8 Å². The fraction of sp³-hybridized carbons (Fsp3) is 0.476. The van der Waals surface area contributed by atoms with Crippen molar-refractivity contribution in [2.24, 2.45) is 0 Å². The Morgan fingerprint density at radius 3 is 2.70 bits per heavy atom. The van der Waals surface area contributed by atoms with Crippen molar-refractivity contribution in [2.45, 2.75) is 19.3 Å². The summed E-state index contributed by atoms with van der Waals surface area (Å²) in [5.41, 5.74) is 2.08. The van der Waals surface area contributed by atoms with Crippen molar-refractivity contribution >= 4 is 29.3 Å². The van der Waals surface area contributed by atoms with Gasteiger partial charge >= 0.3 is 6.09 Å². The highest BCUT2D eigenvalue weighted by molar-refractivity contribution is 6.17. The Morgan fingerprint density at radius 1 is 1.11 bits per heavy atom. The lowest BCUT2D eigenvalue weighted by Gasteiger charge is -2.14. The zero-order valence-corrected chi connectivity index (χ0v) is 16.4. The summed E-state index contributed by atoms with van der Waals surface area (Å²) >= 11 is 5.59. The van der Waals surface area contributed by atoms with E-state index in [1.807, 2.05) is 24.3 Å². The number of benzene rings is 1. The minimum Gasteiger partial charge on any atom is -0.445 e. The number of hydrogen-bond donors (Lipinski definition) is 1. The number of halogens is 1. The number of fused-ring (bicyclic) bond motifs is 1. The minimum absolute atomic E-state index is 0.257. The smallest absolute Gasteiger partial charge is 0.407 e. The third-order valence-corrected chi connectivity index (χ3v) is 4.35. The normalized spacial score (nSPS) is 13.1. The second-order valence-corrected chi connectivity index (χ2v) is 6.67. The highest BCUT2D eigenvalue weighted by Crippen LogP contribution is 2.13. The molecular weight excluding hydrogens is 366 g/mol. The third kappa shape index (κ3) is 8.16. The average Bonchev–Trinajstić information content (AvgIpc) is 2.67. The maximum atomic E-state index is 11.8. The molecule has 0 radical (unpaired) electrons. The molecule has 1 aromatic carbocycles. The number of allylic oxidation sites excluding steroid dienone is 1. The molecule has 0 saturated carbocycles.